The monoisotopic (exact) mass is 256 g/mol. The van der Waals surface area contributed by atoms with Crippen LogP contribution in [0.3, 0.4) is 0 Å². The first-order valence-corrected chi connectivity index (χ1v) is 8.03. The van der Waals surface area contributed by atoms with Gasteiger partial charge in [-0.2, -0.15) is 5.26 Å². The van der Waals surface area contributed by atoms with E-state index in [1.54, 1.807) is 4.31 Å². The molecule has 2 fully saturated rings. The average Bonchev–Trinajstić information content (AvgIpc) is 2.40. The highest BCUT2D eigenvalue weighted by Gasteiger charge is 2.35. The third kappa shape index (κ3) is 2.80. The van der Waals surface area contributed by atoms with E-state index in [9.17, 15) is 8.42 Å². The number of nitrogens with zero attached hydrogens (tertiary/aromatic N) is 2. The molecule has 4 nitrogen and oxygen atoms in total. The van der Waals surface area contributed by atoms with Crippen molar-refractivity contribution >= 4 is 10.0 Å². The zero-order valence-corrected chi connectivity index (χ0v) is 11.0. The first-order chi connectivity index (χ1) is 8.14. The van der Waals surface area contributed by atoms with Crippen LogP contribution in [0.15, 0.2) is 0 Å². The van der Waals surface area contributed by atoms with E-state index in [0.29, 0.717) is 13.1 Å². The van der Waals surface area contributed by atoms with Crippen LogP contribution in [-0.2, 0) is 10.0 Å². The van der Waals surface area contributed by atoms with Crippen LogP contribution >= 0.6 is 0 Å². The van der Waals surface area contributed by atoms with Crippen LogP contribution < -0.4 is 0 Å². The summed E-state index contributed by atoms with van der Waals surface area (Å²) in [5.41, 5.74) is 0. The Hall–Kier alpha value is -0.600. The summed E-state index contributed by atoms with van der Waals surface area (Å²) in [5.74, 6) is -0.109. The van der Waals surface area contributed by atoms with Gasteiger partial charge in [-0.05, 0) is 25.7 Å². The molecule has 0 aromatic carbocycles. The Bertz CT molecular complexity index is 393. The molecule has 2 aliphatic rings. The summed E-state index contributed by atoms with van der Waals surface area (Å²) in [6.07, 6.45) is 6.48. The minimum atomic E-state index is -3.15. The van der Waals surface area contributed by atoms with E-state index >= 15 is 0 Å². The van der Waals surface area contributed by atoms with Gasteiger partial charge in [0, 0.05) is 13.1 Å². The topological polar surface area (TPSA) is 61.2 Å². The maximum atomic E-state index is 12.4. The summed E-state index contributed by atoms with van der Waals surface area (Å²) in [4.78, 5) is 0. The molecule has 1 aliphatic carbocycles. The number of sulfonamides is 1. The van der Waals surface area contributed by atoms with Gasteiger partial charge < -0.3 is 0 Å². The minimum Gasteiger partial charge on any atom is -0.212 e. The quantitative estimate of drug-likeness (QED) is 0.758. The summed E-state index contributed by atoms with van der Waals surface area (Å²) in [5, 5.41) is 8.73. The van der Waals surface area contributed by atoms with E-state index < -0.39 is 10.0 Å². The van der Waals surface area contributed by atoms with Crippen LogP contribution in [0.25, 0.3) is 0 Å². The van der Waals surface area contributed by atoms with Gasteiger partial charge in [0.1, 0.15) is 0 Å². The second-order valence-corrected chi connectivity index (χ2v) is 7.34. The van der Waals surface area contributed by atoms with Crippen LogP contribution in [0.5, 0.6) is 0 Å². The Morgan fingerprint density at radius 3 is 2.41 bits per heavy atom. The van der Waals surface area contributed by atoms with Gasteiger partial charge >= 0.3 is 0 Å². The molecule has 1 aliphatic heterocycles. The Kier molecular flexibility index (Phi) is 4.05. The highest BCUT2D eigenvalue weighted by molar-refractivity contribution is 7.89. The van der Waals surface area contributed by atoms with E-state index in [1.807, 2.05) is 0 Å². The van der Waals surface area contributed by atoms with Gasteiger partial charge in [-0.1, -0.05) is 19.3 Å². The van der Waals surface area contributed by atoms with E-state index in [2.05, 4.69) is 6.07 Å². The van der Waals surface area contributed by atoms with Crippen molar-refractivity contribution in [1.82, 2.24) is 4.31 Å². The van der Waals surface area contributed by atoms with Crippen molar-refractivity contribution in [2.45, 2.75) is 50.2 Å². The summed E-state index contributed by atoms with van der Waals surface area (Å²) in [6, 6.07) is 2.20. The van der Waals surface area contributed by atoms with Crippen LogP contribution in [-0.4, -0.2) is 31.1 Å². The number of nitriles is 1. The molecule has 0 radical (unpaired) electrons. The Labute approximate surface area is 104 Å². The van der Waals surface area contributed by atoms with Crippen molar-refractivity contribution < 1.29 is 8.42 Å². The molecule has 1 saturated carbocycles. The third-order valence-corrected chi connectivity index (χ3v) is 6.27. The minimum absolute atomic E-state index is 0.109. The molecule has 1 saturated heterocycles. The van der Waals surface area contributed by atoms with E-state index in [-0.39, 0.29) is 11.2 Å². The van der Waals surface area contributed by atoms with E-state index in [0.717, 1.165) is 44.9 Å². The predicted molar refractivity (Wildman–Crippen MR) is 65.7 cm³/mol. The number of piperidine rings is 1. The van der Waals surface area contributed by atoms with Crippen molar-refractivity contribution in [1.29, 1.82) is 5.26 Å². The van der Waals surface area contributed by atoms with Crippen molar-refractivity contribution in [2.24, 2.45) is 5.92 Å². The summed E-state index contributed by atoms with van der Waals surface area (Å²) in [6.45, 7) is 1.02. The lowest BCUT2D eigenvalue weighted by molar-refractivity contribution is 0.297. The molecule has 0 N–H and O–H groups in total. The van der Waals surface area contributed by atoms with Gasteiger partial charge in [0.25, 0.3) is 0 Å². The van der Waals surface area contributed by atoms with Crippen molar-refractivity contribution in [3.63, 3.8) is 0 Å². The lowest BCUT2D eigenvalue weighted by Crippen LogP contribution is -2.44. The zero-order chi connectivity index (χ0) is 12.3. The SMILES string of the molecule is N#CC1CCCN(S(=O)(=O)C2CCCCC2)C1. The third-order valence-electron chi connectivity index (χ3n) is 3.90. The molecule has 17 heavy (non-hydrogen) atoms. The van der Waals surface area contributed by atoms with Gasteiger partial charge in [-0.25, -0.2) is 12.7 Å². The fourth-order valence-electron chi connectivity index (χ4n) is 2.85. The maximum absolute atomic E-state index is 12.4. The van der Waals surface area contributed by atoms with Crippen LogP contribution in [0.2, 0.25) is 0 Å². The second-order valence-electron chi connectivity index (χ2n) is 5.13. The molecular weight excluding hydrogens is 236 g/mol. The average molecular weight is 256 g/mol. The van der Waals surface area contributed by atoms with Crippen molar-refractivity contribution in [3.05, 3.63) is 0 Å². The van der Waals surface area contributed by atoms with Gasteiger partial charge in [0.15, 0.2) is 0 Å². The van der Waals surface area contributed by atoms with Gasteiger partial charge in [0.2, 0.25) is 10.0 Å². The van der Waals surface area contributed by atoms with Gasteiger partial charge in [-0.15, -0.1) is 0 Å². The highest BCUT2D eigenvalue weighted by Crippen LogP contribution is 2.28. The predicted octanol–water partition coefficient (Wildman–Crippen LogP) is 1.88. The lowest BCUT2D eigenvalue weighted by atomic mass is 10.0. The lowest BCUT2D eigenvalue weighted by Gasteiger charge is -2.33. The van der Waals surface area contributed by atoms with E-state index in [1.165, 1.54) is 0 Å². The fourth-order valence-corrected chi connectivity index (χ4v) is 4.97. The molecule has 0 aromatic rings. The van der Waals surface area contributed by atoms with Gasteiger partial charge in [0.05, 0.1) is 17.2 Å². The molecule has 96 valence electrons. The smallest absolute Gasteiger partial charge is 0.212 e. The molecule has 1 heterocycles. The molecule has 1 unspecified atom stereocenters. The first kappa shape index (κ1) is 12.8. The number of rotatable bonds is 2. The molecule has 1 atom stereocenters. The molecule has 0 aromatic heterocycles. The van der Waals surface area contributed by atoms with Gasteiger partial charge in [-0.3, -0.25) is 0 Å². The standard InChI is InChI=1S/C12H20N2O2S/c13-9-11-5-4-8-14(10-11)17(15,16)12-6-2-1-3-7-12/h11-12H,1-8,10H2. The maximum Gasteiger partial charge on any atom is 0.217 e. The first-order valence-electron chi connectivity index (χ1n) is 6.53. The molecule has 0 spiro atoms. The summed E-state index contributed by atoms with van der Waals surface area (Å²) in [7, 11) is -3.15. The molecule has 5 heteroatoms. The van der Waals surface area contributed by atoms with Crippen LogP contribution in [0, 0.1) is 17.2 Å². The van der Waals surface area contributed by atoms with Crippen molar-refractivity contribution in [2.75, 3.05) is 13.1 Å². The number of hydrogen-bond acceptors (Lipinski definition) is 3. The van der Waals surface area contributed by atoms with Crippen molar-refractivity contribution in [3.8, 4) is 6.07 Å². The largest absolute Gasteiger partial charge is 0.217 e. The Morgan fingerprint density at radius 2 is 1.76 bits per heavy atom. The molecule has 0 amide bonds. The Morgan fingerprint density at radius 1 is 1.06 bits per heavy atom. The highest BCUT2D eigenvalue weighted by atomic mass is 32.2. The molecular formula is C12H20N2O2S. The summed E-state index contributed by atoms with van der Waals surface area (Å²) < 4.78 is 26.4. The molecule has 0 bridgehead atoms. The summed E-state index contributed by atoms with van der Waals surface area (Å²) >= 11 is 0. The zero-order valence-electron chi connectivity index (χ0n) is 10.1. The van der Waals surface area contributed by atoms with Crippen LogP contribution in [0.1, 0.15) is 44.9 Å². The fraction of sp³-hybridized carbons (Fsp3) is 0.917. The van der Waals surface area contributed by atoms with Crippen LogP contribution in [0.4, 0.5) is 0 Å². The second kappa shape index (κ2) is 5.36. The number of hydrogen-bond donors (Lipinski definition) is 0. The van der Waals surface area contributed by atoms with E-state index in [4.69, 9.17) is 5.26 Å². The Balaban J connectivity index is 2.06. The molecule has 2 rings (SSSR count). The normalized spacial score (nSPS) is 28.8.